The summed E-state index contributed by atoms with van der Waals surface area (Å²) in [6.45, 7) is 6.39. The molecule has 9 heteroatoms. The summed E-state index contributed by atoms with van der Waals surface area (Å²) in [7, 11) is -3.69. The molecule has 1 aromatic rings. The predicted octanol–water partition coefficient (Wildman–Crippen LogP) is 1.18. The molecule has 1 fully saturated rings. The number of sulfonamides is 1. The average molecular weight is 404 g/mol. The van der Waals surface area contributed by atoms with E-state index in [1.807, 2.05) is 19.9 Å². The van der Waals surface area contributed by atoms with Crippen LogP contribution in [0.15, 0.2) is 29.2 Å². The Hall–Kier alpha value is -2.46. The van der Waals surface area contributed by atoms with Crippen LogP contribution in [-0.2, 0) is 10.0 Å². The van der Waals surface area contributed by atoms with Crippen LogP contribution in [0.3, 0.4) is 0 Å². The highest BCUT2D eigenvalue weighted by atomic mass is 32.2. The van der Waals surface area contributed by atoms with Gasteiger partial charge in [0.05, 0.1) is 17.0 Å². The van der Waals surface area contributed by atoms with E-state index in [1.165, 1.54) is 24.3 Å². The highest BCUT2D eigenvalue weighted by molar-refractivity contribution is 7.89. The van der Waals surface area contributed by atoms with Crippen molar-refractivity contribution < 1.29 is 13.2 Å². The third-order valence-corrected chi connectivity index (χ3v) is 6.18. The minimum Gasteiger partial charge on any atom is -0.336 e. The number of hydrogen-bond donors (Lipinski definition) is 1. The number of amides is 1. The van der Waals surface area contributed by atoms with E-state index in [1.54, 1.807) is 4.90 Å². The molecule has 1 heterocycles. The summed E-state index contributed by atoms with van der Waals surface area (Å²) < 4.78 is 26.6. The minimum atomic E-state index is -3.69. The Morgan fingerprint density at radius 2 is 1.75 bits per heavy atom. The molecule has 1 N–H and O–H groups in total. The maximum absolute atomic E-state index is 12.7. The van der Waals surface area contributed by atoms with Gasteiger partial charge in [0.15, 0.2) is 0 Å². The number of nitriles is 2. The highest BCUT2D eigenvalue weighted by Crippen LogP contribution is 2.16. The fourth-order valence-corrected chi connectivity index (χ4v) is 4.17. The van der Waals surface area contributed by atoms with Gasteiger partial charge in [0.25, 0.3) is 5.91 Å². The Morgan fingerprint density at radius 3 is 2.25 bits per heavy atom. The topological polar surface area (TPSA) is 117 Å². The molecule has 1 unspecified atom stereocenters. The van der Waals surface area contributed by atoms with E-state index in [0.717, 1.165) is 0 Å². The van der Waals surface area contributed by atoms with E-state index in [4.69, 9.17) is 5.26 Å². The normalized spacial score (nSPS) is 16.4. The molecule has 28 heavy (non-hydrogen) atoms. The fourth-order valence-electron chi connectivity index (χ4n) is 3.14. The molecule has 150 valence electrons. The molecule has 0 aliphatic carbocycles. The smallest absolute Gasteiger partial charge is 0.253 e. The first-order chi connectivity index (χ1) is 13.3. The third kappa shape index (κ3) is 5.29. The van der Waals surface area contributed by atoms with Crippen LogP contribution >= 0.6 is 0 Å². The molecule has 0 saturated carbocycles. The van der Waals surface area contributed by atoms with Gasteiger partial charge in [0.2, 0.25) is 10.0 Å². The van der Waals surface area contributed by atoms with Crippen molar-refractivity contribution in [2.24, 2.45) is 5.92 Å². The molecule has 0 spiro atoms. The number of piperazine rings is 1. The molecular weight excluding hydrogens is 378 g/mol. The molecule has 8 nitrogen and oxygen atoms in total. The first-order valence-electron chi connectivity index (χ1n) is 9.19. The second kappa shape index (κ2) is 9.65. The number of benzene rings is 1. The lowest BCUT2D eigenvalue weighted by molar-refractivity contribution is 0.0576. The lowest BCUT2D eigenvalue weighted by Crippen LogP contribution is -2.52. The van der Waals surface area contributed by atoms with Crippen LogP contribution in [0.5, 0.6) is 0 Å². The highest BCUT2D eigenvalue weighted by Gasteiger charge is 2.28. The lowest BCUT2D eigenvalue weighted by Gasteiger charge is -2.38. The van der Waals surface area contributed by atoms with Crippen LogP contribution in [0, 0.1) is 28.6 Å². The summed E-state index contributed by atoms with van der Waals surface area (Å²) in [5, 5.41) is 17.8. The molecule has 0 bridgehead atoms. The molecule has 1 atom stereocenters. The minimum absolute atomic E-state index is 0.0455. The second-order valence-electron chi connectivity index (χ2n) is 6.98. The van der Waals surface area contributed by atoms with Gasteiger partial charge in [0, 0.05) is 44.7 Å². The van der Waals surface area contributed by atoms with Gasteiger partial charge in [-0.1, -0.05) is 13.8 Å². The summed E-state index contributed by atoms with van der Waals surface area (Å²) in [5.74, 6) is 0.0719. The van der Waals surface area contributed by atoms with Gasteiger partial charge in [-0.25, -0.2) is 13.1 Å². The Bertz CT molecular complexity index is 860. The SMILES string of the molecule is CC(C)C(C#N)N1CCN(C(=O)c2ccc(S(=O)(=O)NCCC#N)cc2)CC1. The number of carbonyl (C=O) groups excluding carboxylic acids is 1. The van der Waals surface area contributed by atoms with Crippen molar-refractivity contribution in [1.29, 1.82) is 10.5 Å². The van der Waals surface area contributed by atoms with Crippen LogP contribution in [-0.4, -0.2) is 62.9 Å². The van der Waals surface area contributed by atoms with E-state index in [9.17, 15) is 18.5 Å². The molecule has 1 aliphatic rings. The first-order valence-corrected chi connectivity index (χ1v) is 10.7. The Balaban J connectivity index is 1.99. The van der Waals surface area contributed by atoms with Gasteiger partial charge in [-0.2, -0.15) is 10.5 Å². The molecule has 1 aromatic carbocycles. The van der Waals surface area contributed by atoms with E-state index in [-0.39, 0.29) is 35.7 Å². The number of rotatable bonds is 7. The van der Waals surface area contributed by atoms with Gasteiger partial charge in [-0.15, -0.1) is 0 Å². The van der Waals surface area contributed by atoms with Crippen molar-refractivity contribution >= 4 is 15.9 Å². The number of hydrogen-bond acceptors (Lipinski definition) is 6. The molecular formula is C19H25N5O3S. The van der Waals surface area contributed by atoms with Gasteiger partial charge < -0.3 is 4.90 Å². The number of nitrogens with one attached hydrogen (secondary N) is 1. The fraction of sp³-hybridized carbons (Fsp3) is 0.526. The van der Waals surface area contributed by atoms with Crippen LogP contribution in [0.25, 0.3) is 0 Å². The van der Waals surface area contributed by atoms with E-state index >= 15 is 0 Å². The summed E-state index contributed by atoms with van der Waals surface area (Å²) in [6, 6.07) is 9.83. The third-order valence-electron chi connectivity index (χ3n) is 4.70. The Morgan fingerprint density at radius 1 is 1.14 bits per heavy atom. The summed E-state index contributed by atoms with van der Waals surface area (Å²) in [5.41, 5.74) is 0.421. The quantitative estimate of drug-likeness (QED) is 0.683. The van der Waals surface area contributed by atoms with Crippen molar-refractivity contribution in [1.82, 2.24) is 14.5 Å². The zero-order valence-corrected chi connectivity index (χ0v) is 16.9. The maximum atomic E-state index is 12.7. The largest absolute Gasteiger partial charge is 0.336 e. The van der Waals surface area contributed by atoms with Gasteiger partial charge in [-0.05, 0) is 30.2 Å². The lowest BCUT2D eigenvalue weighted by atomic mass is 10.0. The summed E-state index contributed by atoms with van der Waals surface area (Å²) in [6.07, 6.45) is 0.0885. The van der Waals surface area contributed by atoms with E-state index in [2.05, 4.69) is 15.7 Å². The van der Waals surface area contributed by atoms with Crippen molar-refractivity contribution in [3.05, 3.63) is 29.8 Å². The van der Waals surface area contributed by atoms with Crippen LogP contribution < -0.4 is 4.72 Å². The van der Waals surface area contributed by atoms with Crippen molar-refractivity contribution in [3.63, 3.8) is 0 Å². The molecule has 0 aromatic heterocycles. The molecule has 1 amide bonds. The predicted molar refractivity (Wildman–Crippen MR) is 104 cm³/mol. The average Bonchev–Trinajstić information content (AvgIpc) is 2.68. The molecule has 0 radical (unpaired) electrons. The van der Waals surface area contributed by atoms with Gasteiger partial charge >= 0.3 is 0 Å². The van der Waals surface area contributed by atoms with Crippen LogP contribution in [0.1, 0.15) is 30.6 Å². The zero-order chi connectivity index (χ0) is 20.7. The molecule has 1 saturated heterocycles. The van der Waals surface area contributed by atoms with Gasteiger partial charge in [-0.3, -0.25) is 9.69 Å². The molecule has 2 rings (SSSR count). The zero-order valence-electron chi connectivity index (χ0n) is 16.1. The van der Waals surface area contributed by atoms with Crippen LogP contribution in [0.4, 0.5) is 0 Å². The standard InChI is InChI=1S/C19H25N5O3S/c1-15(2)18(14-21)23-10-12-24(13-11-23)19(25)16-4-6-17(7-5-16)28(26,27)22-9-3-8-20/h4-7,15,18,22H,3,9-13H2,1-2H3. The van der Waals surface area contributed by atoms with E-state index < -0.39 is 10.0 Å². The number of carbonyl (C=O) groups is 1. The monoisotopic (exact) mass is 403 g/mol. The Kier molecular flexibility index (Phi) is 7.53. The van der Waals surface area contributed by atoms with Gasteiger partial charge in [0.1, 0.15) is 6.04 Å². The number of nitrogens with zero attached hydrogens (tertiary/aromatic N) is 4. The molecule has 1 aliphatic heterocycles. The van der Waals surface area contributed by atoms with Crippen molar-refractivity contribution in [2.45, 2.75) is 31.2 Å². The summed E-state index contributed by atoms with van der Waals surface area (Å²) in [4.78, 5) is 16.6. The first kappa shape index (κ1) is 21.8. The maximum Gasteiger partial charge on any atom is 0.253 e. The van der Waals surface area contributed by atoms with Crippen molar-refractivity contribution in [2.75, 3.05) is 32.7 Å². The second-order valence-corrected chi connectivity index (χ2v) is 8.74. The van der Waals surface area contributed by atoms with E-state index in [0.29, 0.717) is 31.7 Å². The Labute approximate surface area is 166 Å². The summed E-state index contributed by atoms with van der Waals surface area (Å²) >= 11 is 0. The van der Waals surface area contributed by atoms with Crippen molar-refractivity contribution in [3.8, 4) is 12.1 Å². The van der Waals surface area contributed by atoms with Crippen LogP contribution in [0.2, 0.25) is 0 Å².